The third-order valence-corrected chi connectivity index (χ3v) is 3.70. The zero-order valence-corrected chi connectivity index (χ0v) is 15.2. The van der Waals surface area contributed by atoms with Crippen molar-refractivity contribution in [1.82, 2.24) is 20.4 Å². The average Bonchev–Trinajstić information content (AvgIpc) is 2.80. The Hall–Kier alpha value is -3.59. The molecule has 3 rings (SSSR count). The third kappa shape index (κ3) is 5.23. The minimum Gasteiger partial charge on any atom is -0.497 e. The first kappa shape index (κ1) is 14.4. The van der Waals surface area contributed by atoms with Crippen LogP contribution in [0, 0.1) is 5.82 Å². The lowest BCUT2D eigenvalue weighted by atomic mass is 10.2. The molecule has 8 nitrogen and oxygen atoms in total. The quantitative estimate of drug-likeness (QED) is 0.578. The van der Waals surface area contributed by atoms with Crippen LogP contribution in [0.3, 0.4) is 0 Å². The number of carbonyl (C=O) groups is 1. The molecule has 0 aliphatic rings. The molecule has 0 aliphatic carbocycles. The van der Waals surface area contributed by atoms with Crippen LogP contribution in [0.2, 0.25) is 0 Å². The van der Waals surface area contributed by atoms with Gasteiger partial charge in [-0.15, -0.1) is 0 Å². The molecule has 0 unspecified atom stereocenters. The van der Waals surface area contributed by atoms with Gasteiger partial charge in [-0.25, -0.2) is 19.8 Å². The molecule has 0 aliphatic heterocycles. The Morgan fingerprint density at radius 3 is 2.93 bits per heavy atom. The Morgan fingerprint density at radius 2 is 2.17 bits per heavy atom. The molecule has 150 valence electrons. The summed E-state index contributed by atoms with van der Waals surface area (Å²) in [6.45, 7) is -6.18. The van der Waals surface area contributed by atoms with Crippen molar-refractivity contribution < 1.29 is 30.4 Å². The molecule has 2 aromatic heterocycles. The molecule has 0 spiro atoms. The van der Waals surface area contributed by atoms with Gasteiger partial charge < -0.3 is 9.47 Å². The number of nitrogens with zero attached hydrogens (tertiary/aromatic N) is 3. The maximum Gasteiger partial charge on any atom is 0.295 e. The van der Waals surface area contributed by atoms with Crippen molar-refractivity contribution in [3.8, 4) is 22.9 Å². The van der Waals surface area contributed by atoms with E-state index in [1.807, 2.05) is 0 Å². The van der Waals surface area contributed by atoms with Gasteiger partial charge in [0, 0.05) is 27.5 Å². The van der Waals surface area contributed by atoms with Crippen LogP contribution >= 0.6 is 0 Å². The van der Waals surface area contributed by atoms with Gasteiger partial charge in [0.15, 0.2) is 0 Å². The standard InChI is InChI=1S/C20H19FN4O4/c1-3-28-19-7-4-13(9-23-19)17-10-22-11-18(24-17)20(26)25-29-12-14-8-15(27-2)5-6-16(14)21/h4-11H,3,12H2,1-2H3,(H,25,26)/i1D3,3D2. The Morgan fingerprint density at radius 1 is 1.28 bits per heavy atom. The Bertz CT molecular complexity index is 1160. The molecule has 3 aromatic rings. The highest BCUT2D eigenvalue weighted by atomic mass is 19.1. The highest BCUT2D eigenvalue weighted by molar-refractivity contribution is 5.91. The summed E-state index contributed by atoms with van der Waals surface area (Å²) in [5, 5.41) is 0. The van der Waals surface area contributed by atoms with E-state index in [1.54, 1.807) is 0 Å². The van der Waals surface area contributed by atoms with Gasteiger partial charge in [-0.05, 0) is 31.1 Å². The van der Waals surface area contributed by atoms with Gasteiger partial charge in [0.2, 0.25) is 5.88 Å². The zero-order valence-electron chi connectivity index (χ0n) is 20.2. The van der Waals surface area contributed by atoms with Crippen LogP contribution in [-0.4, -0.2) is 34.5 Å². The Kier molecular flexibility index (Phi) is 4.75. The van der Waals surface area contributed by atoms with E-state index in [0.29, 0.717) is 11.3 Å². The summed E-state index contributed by atoms with van der Waals surface area (Å²) in [5.41, 5.74) is 2.90. The molecule has 29 heavy (non-hydrogen) atoms. The molecule has 1 amide bonds. The highest BCUT2D eigenvalue weighted by Crippen LogP contribution is 2.18. The lowest BCUT2D eigenvalue weighted by Gasteiger charge is -2.08. The number of carbonyl (C=O) groups excluding carboxylic acids is 1. The van der Waals surface area contributed by atoms with E-state index in [1.165, 1.54) is 56.0 Å². The second-order valence-corrected chi connectivity index (χ2v) is 5.56. The molecule has 0 saturated heterocycles. The highest BCUT2D eigenvalue weighted by Gasteiger charge is 2.12. The number of benzene rings is 1. The number of hydrogen-bond acceptors (Lipinski definition) is 7. The SMILES string of the molecule is [2H]C([2H])([2H])C([2H])([2H])Oc1ccc(-c2cncc(C(=O)NOCc3cc(OC)ccc3F)n2)cn1. The fourth-order valence-corrected chi connectivity index (χ4v) is 2.28. The summed E-state index contributed by atoms with van der Waals surface area (Å²) in [4.78, 5) is 29.4. The zero-order chi connectivity index (χ0) is 24.9. The number of amides is 1. The van der Waals surface area contributed by atoms with Gasteiger partial charge in [-0.3, -0.25) is 14.6 Å². The number of nitrogens with one attached hydrogen (secondary N) is 1. The Balaban J connectivity index is 1.65. The van der Waals surface area contributed by atoms with Crippen molar-refractivity contribution >= 4 is 5.91 Å². The monoisotopic (exact) mass is 403 g/mol. The first-order chi connectivity index (χ1) is 16.0. The second-order valence-electron chi connectivity index (χ2n) is 5.56. The molecule has 0 atom stereocenters. The van der Waals surface area contributed by atoms with Crippen molar-refractivity contribution in [3.05, 3.63) is 66.0 Å². The van der Waals surface area contributed by atoms with E-state index in [9.17, 15) is 9.18 Å². The second kappa shape index (κ2) is 9.56. The van der Waals surface area contributed by atoms with Crippen LogP contribution in [0.25, 0.3) is 11.3 Å². The molecule has 2 heterocycles. The van der Waals surface area contributed by atoms with E-state index in [0.717, 1.165) is 0 Å². The van der Waals surface area contributed by atoms with Gasteiger partial charge in [-0.1, -0.05) is 0 Å². The summed E-state index contributed by atoms with van der Waals surface area (Å²) >= 11 is 0. The number of halogens is 1. The van der Waals surface area contributed by atoms with Crippen LogP contribution in [0.4, 0.5) is 4.39 Å². The maximum atomic E-state index is 13.8. The molecular formula is C20H19FN4O4. The minimum absolute atomic E-state index is 0.0947. The summed E-state index contributed by atoms with van der Waals surface area (Å²) in [6.07, 6.45) is 3.82. The fourth-order valence-electron chi connectivity index (χ4n) is 2.28. The van der Waals surface area contributed by atoms with Crippen molar-refractivity contribution in [1.29, 1.82) is 0 Å². The Labute approximate surface area is 173 Å². The van der Waals surface area contributed by atoms with Gasteiger partial charge in [-0.2, -0.15) is 0 Å². The summed E-state index contributed by atoms with van der Waals surface area (Å²) in [6, 6.07) is 6.82. The summed E-state index contributed by atoms with van der Waals surface area (Å²) in [7, 11) is 1.44. The van der Waals surface area contributed by atoms with Crippen LogP contribution < -0.4 is 15.0 Å². The minimum atomic E-state index is -3.00. The molecule has 0 fully saturated rings. The van der Waals surface area contributed by atoms with E-state index in [2.05, 4.69) is 20.4 Å². The lowest BCUT2D eigenvalue weighted by Crippen LogP contribution is -2.25. The fraction of sp³-hybridized carbons (Fsp3) is 0.200. The average molecular weight is 403 g/mol. The van der Waals surface area contributed by atoms with E-state index < -0.39 is 25.1 Å². The van der Waals surface area contributed by atoms with Crippen molar-refractivity contribution in [2.24, 2.45) is 0 Å². The third-order valence-electron chi connectivity index (χ3n) is 3.70. The molecular weight excluding hydrogens is 379 g/mol. The van der Waals surface area contributed by atoms with E-state index in [-0.39, 0.29) is 29.4 Å². The number of pyridine rings is 1. The number of aromatic nitrogens is 3. The first-order valence-corrected chi connectivity index (χ1v) is 8.22. The maximum absolute atomic E-state index is 13.8. The van der Waals surface area contributed by atoms with Crippen LogP contribution in [0.1, 0.15) is 29.8 Å². The normalized spacial score (nSPS) is 13.9. The smallest absolute Gasteiger partial charge is 0.295 e. The molecule has 0 saturated carbocycles. The first-order valence-electron chi connectivity index (χ1n) is 10.7. The van der Waals surface area contributed by atoms with Crippen molar-refractivity contribution in [2.75, 3.05) is 13.7 Å². The van der Waals surface area contributed by atoms with E-state index >= 15 is 0 Å². The molecule has 9 heteroatoms. The van der Waals surface area contributed by atoms with Gasteiger partial charge in [0.25, 0.3) is 5.91 Å². The van der Waals surface area contributed by atoms with Crippen LogP contribution in [0.15, 0.2) is 48.9 Å². The molecule has 1 aromatic carbocycles. The summed E-state index contributed by atoms with van der Waals surface area (Å²) < 4.78 is 60.2. The predicted molar refractivity (Wildman–Crippen MR) is 102 cm³/mol. The van der Waals surface area contributed by atoms with Gasteiger partial charge >= 0.3 is 0 Å². The van der Waals surface area contributed by atoms with Crippen molar-refractivity contribution in [3.63, 3.8) is 0 Å². The number of rotatable bonds is 8. The number of hydroxylamine groups is 1. The lowest BCUT2D eigenvalue weighted by molar-refractivity contribution is 0.0219. The predicted octanol–water partition coefficient (Wildman–Crippen LogP) is 2.95. The number of ether oxygens (including phenoxy) is 2. The van der Waals surface area contributed by atoms with Crippen LogP contribution in [-0.2, 0) is 11.4 Å². The van der Waals surface area contributed by atoms with Gasteiger partial charge in [0.05, 0.1) is 34.5 Å². The van der Waals surface area contributed by atoms with E-state index in [4.69, 9.17) is 21.2 Å². The number of hydrogen-bond donors (Lipinski definition) is 1. The van der Waals surface area contributed by atoms with Gasteiger partial charge in [0.1, 0.15) is 23.9 Å². The molecule has 0 radical (unpaired) electrons. The molecule has 1 N–H and O–H groups in total. The van der Waals surface area contributed by atoms with Crippen molar-refractivity contribution in [2.45, 2.75) is 13.5 Å². The summed E-state index contributed by atoms with van der Waals surface area (Å²) in [5.74, 6) is -1.06. The number of methoxy groups -OCH3 is 1. The molecule has 0 bridgehead atoms. The topological polar surface area (TPSA) is 95.5 Å². The largest absolute Gasteiger partial charge is 0.497 e. The van der Waals surface area contributed by atoms with Crippen LogP contribution in [0.5, 0.6) is 11.6 Å².